The van der Waals surface area contributed by atoms with Gasteiger partial charge in [-0.3, -0.25) is 9.59 Å². The molecule has 0 bridgehead atoms. The monoisotopic (exact) mass is 483 g/mol. The van der Waals surface area contributed by atoms with E-state index < -0.39 is 53.4 Å². The molecule has 3 saturated carbocycles. The number of aromatic nitrogens is 1. The van der Waals surface area contributed by atoms with Crippen LogP contribution in [0, 0.1) is 11.2 Å². The second-order valence-corrected chi connectivity index (χ2v) is 9.54. The Morgan fingerprint density at radius 3 is 2.41 bits per heavy atom. The van der Waals surface area contributed by atoms with Crippen molar-refractivity contribution in [3.05, 3.63) is 63.3 Å². The molecule has 3 aliphatic rings. The first-order chi connectivity index (χ1) is 16.0. The van der Waals surface area contributed by atoms with Gasteiger partial charge in [0.05, 0.1) is 22.4 Å². The number of benzene rings is 1. The van der Waals surface area contributed by atoms with Gasteiger partial charge in [-0.05, 0) is 25.7 Å². The molecule has 3 aliphatic carbocycles. The number of hydrogen-bond donors (Lipinski definition) is 3. The second-order valence-electron chi connectivity index (χ2n) is 9.54. The van der Waals surface area contributed by atoms with E-state index in [1.807, 2.05) is 0 Å². The molecule has 0 atom stereocenters. The highest BCUT2D eigenvalue weighted by Crippen LogP contribution is 2.78. The number of hydrogen-bond acceptors (Lipinski definition) is 4. The Morgan fingerprint density at radius 1 is 1.18 bits per heavy atom. The first-order valence-electron chi connectivity index (χ1n) is 10.9. The van der Waals surface area contributed by atoms with E-state index in [0.717, 1.165) is 22.9 Å². The van der Waals surface area contributed by atoms with E-state index in [1.165, 1.54) is 12.1 Å². The van der Waals surface area contributed by atoms with Crippen LogP contribution in [0.3, 0.4) is 0 Å². The van der Waals surface area contributed by atoms with Crippen LogP contribution >= 0.6 is 0 Å². The van der Waals surface area contributed by atoms with E-state index in [2.05, 4.69) is 10.6 Å². The Labute approximate surface area is 190 Å². The Morgan fingerprint density at radius 2 is 1.85 bits per heavy atom. The number of halogens is 5. The number of nitrogens with one attached hydrogen (secondary N) is 2. The van der Waals surface area contributed by atoms with Gasteiger partial charge >= 0.3 is 0 Å². The van der Waals surface area contributed by atoms with Crippen LogP contribution < -0.4 is 16.2 Å². The van der Waals surface area contributed by atoms with Gasteiger partial charge in [0.15, 0.2) is 0 Å². The fourth-order valence-electron chi connectivity index (χ4n) is 4.61. The molecule has 6 nitrogen and oxygen atoms in total. The number of carbonyl (C=O) groups is 1. The topological polar surface area (TPSA) is 83.4 Å². The number of nitrogens with zero attached hydrogens (tertiary/aromatic N) is 1. The first kappa shape index (κ1) is 22.8. The molecule has 3 N–H and O–H groups in total. The molecule has 0 radical (unpaired) electrons. The SMILES string of the molecule is O=C(NCc1cccc(C(F)F)c1F)c1cn(C2(C(F)F)CC2)c(=O)cc1NCC12CC1(O)C2. The molecule has 2 aromatic rings. The summed E-state index contributed by atoms with van der Waals surface area (Å²) >= 11 is 0. The molecule has 34 heavy (non-hydrogen) atoms. The van der Waals surface area contributed by atoms with Crippen LogP contribution in [0.5, 0.6) is 0 Å². The van der Waals surface area contributed by atoms with Gasteiger partial charge in [0, 0.05) is 36.3 Å². The summed E-state index contributed by atoms with van der Waals surface area (Å²) in [7, 11) is 0. The van der Waals surface area contributed by atoms with E-state index in [-0.39, 0.29) is 41.6 Å². The highest BCUT2D eigenvalue weighted by molar-refractivity contribution is 5.99. The number of pyridine rings is 1. The zero-order chi connectivity index (χ0) is 24.5. The lowest BCUT2D eigenvalue weighted by Gasteiger charge is -2.21. The molecule has 5 rings (SSSR count). The highest BCUT2D eigenvalue weighted by atomic mass is 19.3. The number of amides is 1. The van der Waals surface area contributed by atoms with Gasteiger partial charge in [-0.25, -0.2) is 22.0 Å². The molecule has 0 saturated heterocycles. The van der Waals surface area contributed by atoms with Crippen molar-refractivity contribution < 1.29 is 31.9 Å². The Hall–Kier alpha value is -2.95. The van der Waals surface area contributed by atoms with Gasteiger partial charge in [-0.2, -0.15) is 0 Å². The first-order valence-corrected chi connectivity index (χ1v) is 10.9. The summed E-state index contributed by atoms with van der Waals surface area (Å²) in [5.74, 6) is -1.93. The maximum absolute atomic E-state index is 14.3. The van der Waals surface area contributed by atoms with Crippen LogP contribution in [0.1, 0.15) is 53.6 Å². The average molecular weight is 483 g/mol. The van der Waals surface area contributed by atoms with Crippen molar-refractivity contribution >= 4 is 11.6 Å². The average Bonchev–Trinajstić information content (AvgIpc) is 3.69. The Kier molecular flexibility index (Phi) is 5.05. The van der Waals surface area contributed by atoms with Crippen molar-refractivity contribution in [1.82, 2.24) is 9.88 Å². The number of aliphatic hydroxyl groups is 1. The van der Waals surface area contributed by atoms with Crippen molar-refractivity contribution in [2.75, 3.05) is 11.9 Å². The van der Waals surface area contributed by atoms with Gasteiger partial charge in [-0.15, -0.1) is 0 Å². The lowest BCUT2D eigenvalue weighted by atomic mass is 10.1. The quantitative estimate of drug-likeness (QED) is 0.477. The molecule has 182 valence electrons. The van der Waals surface area contributed by atoms with E-state index in [1.54, 1.807) is 0 Å². The van der Waals surface area contributed by atoms with E-state index >= 15 is 0 Å². The lowest BCUT2D eigenvalue weighted by Crippen LogP contribution is -2.37. The van der Waals surface area contributed by atoms with Crippen molar-refractivity contribution in [2.45, 2.75) is 56.2 Å². The third-order valence-corrected chi connectivity index (χ3v) is 7.35. The lowest BCUT2D eigenvalue weighted by molar-refractivity contribution is 0.0648. The minimum Gasteiger partial charge on any atom is -0.389 e. The molecular weight excluding hydrogens is 461 g/mol. The summed E-state index contributed by atoms with van der Waals surface area (Å²) < 4.78 is 68.4. The Balaban J connectivity index is 1.41. The fraction of sp³-hybridized carbons (Fsp3) is 0.478. The zero-order valence-corrected chi connectivity index (χ0v) is 17.9. The van der Waals surface area contributed by atoms with Crippen molar-refractivity contribution in [2.24, 2.45) is 5.41 Å². The molecule has 0 aliphatic heterocycles. The minimum atomic E-state index is -3.03. The number of carbonyl (C=O) groups excluding carboxylic acids is 1. The summed E-state index contributed by atoms with van der Waals surface area (Å²) in [6.45, 7) is -0.133. The molecular formula is C23H22F5N3O3. The molecule has 1 amide bonds. The van der Waals surface area contributed by atoms with Crippen molar-refractivity contribution in [3.63, 3.8) is 0 Å². The molecule has 1 aromatic heterocycles. The fourth-order valence-corrected chi connectivity index (χ4v) is 4.61. The van der Waals surface area contributed by atoms with Crippen LogP contribution in [0.4, 0.5) is 27.6 Å². The number of alkyl halides is 4. The molecule has 3 fully saturated rings. The largest absolute Gasteiger partial charge is 0.389 e. The van der Waals surface area contributed by atoms with Crippen molar-refractivity contribution in [1.29, 1.82) is 0 Å². The van der Waals surface area contributed by atoms with E-state index in [0.29, 0.717) is 12.8 Å². The Bertz CT molecular complexity index is 1220. The molecule has 11 heteroatoms. The predicted molar refractivity (Wildman–Crippen MR) is 112 cm³/mol. The maximum atomic E-state index is 14.3. The number of fused-ring (bicyclic) bond motifs is 1. The summed E-state index contributed by atoms with van der Waals surface area (Å²) in [5.41, 5.74) is -4.39. The summed E-state index contributed by atoms with van der Waals surface area (Å²) in [6.07, 6.45) is -3.41. The van der Waals surface area contributed by atoms with Gasteiger partial charge in [0.25, 0.3) is 24.3 Å². The van der Waals surface area contributed by atoms with Crippen LogP contribution in [0.25, 0.3) is 0 Å². The summed E-state index contributed by atoms with van der Waals surface area (Å²) in [6, 6.07) is 4.50. The molecule has 1 aromatic carbocycles. The predicted octanol–water partition coefficient (Wildman–Crippen LogP) is 3.55. The van der Waals surface area contributed by atoms with Crippen LogP contribution in [-0.4, -0.2) is 34.2 Å². The second kappa shape index (κ2) is 7.53. The smallest absolute Gasteiger partial charge is 0.266 e. The van der Waals surface area contributed by atoms with Gasteiger partial charge in [0.1, 0.15) is 11.4 Å². The molecule has 0 spiro atoms. The van der Waals surface area contributed by atoms with Gasteiger partial charge in [0.2, 0.25) is 0 Å². The number of anilines is 1. The molecule has 0 unspecified atom stereocenters. The third-order valence-electron chi connectivity index (χ3n) is 7.35. The van der Waals surface area contributed by atoms with Crippen LogP contribution in [0.15, 0.2) is 35.3 Å². The van der Waals surface area contributed by atoms with Crippen LogP contribution in [0.2, 0.25) is 0 Å². The standard InChI is InChI=1S/C23H22F5N3O3/c24-17-12(2-1-3-13(17)18(25)26)7-29-19(33)14-8-31(22(4-5-22)20(27)28)16(32)6-15(14)30-11-21-9-23(21,34)10-21/h1-3,6,8,18,20,30,34H,4-5,7,9-11H2,(H,29,33). The van der Waals surface area contributed by atoms with Crippen molar-refractivity contribution in [3.8, 4) is 0 Å². The zero-order valence-electron chi connectivity index (χ0n) is 17.9. The van der Waals surface area contributed by atoms with E-state index in [4.69, 9.17) is 0 Å². The molecule has 1 heterocycles. The van der Waals surface area contributed by atoms with E-state index in [9.17, 15) is 36.6 Å². The number of rotatable bonds is 9. The normalized spacial score (nSPS) is 25.8. The summed E-state index contributed by atoms with van der Waals surface area (Å²) in [4.78, 5) is 25.6. The summed E-state index contributed by atoms with van der Waals surface area (Å²) in [5, 5.41) is 15.4. The maximum Gasteiger partial charge on any atom is 0.266 e. The minimum absolute atomic E-state index is 0.0835. The van der Waals surface area contributed by atoms with Gasteiger partial charge < -0.3 is 20.3 Å². The highest BCUT2D eigenvalue weighted by Gasteiger charge is 2.82. The van der Waals surface area contributed by atoms with Gasteiger partial charge in [-0.1, -0.05) is 18.2 Å². The van der Waals surface area contributed by atoms with Crippen LogP contribution in [-0.2, 0) is 12.1 Å². The third kappa shape index (κ3) is 3.57.